The Hall–Kier alpha value is -3.69. The van der Waals surface area contributed by atoms with Crippen molar-refractivity contribution in [1.29, 1.82) is 0 Å². The number of methoxy groups -OCH3 is 1. The minimum absolute atomic E-state index is 0.108. The van der Waals surface area contributed by atoms with Gasteiger partial charge >= 0.3 is 0 Å². The van der Waals surface area contributed by atoms with Gasteiger partial charge in [0, 0.05) is 24.7 Å². The molecule has 1 saturated heterocycles. The Balaban J connectivity index is 1.32. The lowest BCUT2D eigenvalue weighted by atomic mass is 10.1. The Labute approximate surface area is 197 Å². The standard InChI is InChI=1S/C25H24N4O4S/c1-33-20-6-4-17-5-7-21(14-19(17)13-20)34(31,32)28-23-9-11-29(25(23)30)15-16-2-3-18-8-10-27-24(26)22(18)12-16/h2-8,10,12-14,23,28H,9,11,15H2,1H3,(H2,26,27)/t23-/m0/s1. The number of hydrogen-bond donors (Lipinski definition) is 2. The molecule has 1 amide bonds. The molecule has 0 saturated carbocycles. The molecular formula is C25H24N4O4S. The lowest BCUT2D eigenvalue weighted by Gasteiger charge is -2.18. The number of likely N-dealkylation sites (tertiary alicyclic amines) is 1. The zero-order valence-corrected chi connectivity index (χ0v) is 19.4. The second kappa shape index (κ2) is 8.58. The van der Waals surface area contributed by atoms with Crippen molar-refractivity contribution in [3.8, 4) is 5.75 Å². The van der Waals surface area contributed by atoms with E-state index >= 15 is 0 Å². The average molecular weight is 477 g/mol. The zero-order chi connectivity index (χ0) is 23.9. The molecule has 9 heteroatoms. The van der Waals surface area contributed by atoms with Crippen molar-refractivity contribution in [2.75, 3.05) is 19.4 Å². The number of rotatable bonds is 6. The Morgan fingerprint density at radius 2 is 1.85 bits per heavy atom. The Bertz CT molecular complexity index is 1520. The number of carbonyl (C=O) groups is 1. The number of aromatic nitrogens is 1. The fourth-order valence-corrected chi connectivity index (χ4v) is 5.57. The number of pyridine rings is 1. The van der Waals surface area contributed by atoms with Crippen molar-refractivity contribution in [3.63, 3.8) is 0 Å². The summed E-state index contributed by atoms with van der Waals surface area (Å²) in [5.41, 5.74) is 6.89. The summed E-state index contributed by atoms with van der Waals surface area (Å²) in [4.78, 5) is 18.9. The van der Waals surface area contributed by atoms with Gasteiger partial charge in [-0.3, -0.25) is 4.79 Å². The summed E-state index contributed by atoms with van der Waals surface area (Å²) in [6.07, 6.45) is 2.06. The quantitative estimate of drug-likeness (QED) is 0.442. The SMILES string of the molecule is COc1ccc2ccc(S(=O)(=O)N[C@H]3CCN(Cc4ccc5ccnc(N)c5c4)C3=O)cc2c1. The largest absolute Gasteiger partial charge is 0.497 e. The van der Waals surface area contributed by atoms with Gasteiger partial charge < -0.3 is 15.4 Å². The molecule has 0 radical (unpaired) electrons. The van der Waals surface area contributed by atoms with Gasteiger partial charge in [0.1, 0.15) is 17.6 Å². The van der Waals surface area contributed by atoms with E-state index in [4.69, 9.17) is 10.5 Å². The lowest BCUT2D eigenvalue weighted by molar-refractivity contribution is -0.129. The zero-order valence-electron chi connectivity index (χ0n) is 18.6. The van der Waals surface area contributed by atoms with Crippen LogP contribution in [0.4, 0.5) is 5.82 Å². The highest BCUT2D eigenvalue weighted by Crippen LogP contribution is 2.26. The molecule has 3 N–H and O–H groups in total. The normalized spacial score (nSPS) is 16.4. The van der Waals surface area contributed by atoms with Gasteiger partial charge in [-0.05, 0) is 64.5 Å². The van der Waals surface area contributed by atoms with Gasteiger partial charge in [0.05, 0.1) is 12.0 Å². The number of fused-ring (bicyclic) bond motifs is 2. The van der Waals surface area contributed by atoms with Crippen LogP contribution < -0.4 is 15.2 Å². The fourth-order valence-electron chi connectivity index (χ4n) is 4.31. The number of ether oxygens (including phenoxy) is 1. The molecule has 0 bridgehead atoms. The monoisotopic (exact) mass is 476 g/mol. The first-order chi connectivity index (χ1) is 16.3. The molecule has 174 valence electrons. The molecule has 34 heavy (non-hydrogen) atoms. The summed E-state index contributed by atoms with van der Waals surface area (Å²) >= 11 is 0. The van der Waals surface area contributed by atoms with E-state index in [9.17, 15) is 13.2 Å². The predicted octanol–water partition coefficient (Wildman–Crippen LogP) is 3.06. The van der Waals surface area contributed by atoms with Crippen LogP contribution in [0.3, 0.4) is 0 Å². The van der Waals surface area contributed by atoms with E-state index in [1.165, 1.54) is 0 Å². The fraction of sp³-hybridized carbons (Fsp3) is 0.200. The number of nitrogen functional groups attached to an aromatic ring is 1. The highest BCUT2D eigenvalue weighted by Gasteiger charge is 2.35. The number of anilines is 1. The molecule has 1 aliphatic rings. The van der Waals surface area contributed by atoms with Gasteiger partial charge in [-0.1, -0.05) is 24.3 Å². The third-order valence-corrected chi connectivity index (χ3v) is 7.63. The maximum atomic E-state index is 13.0. The molecule has 1 aliphatic heterocycles. The van der Waals surface area contributed by atoms with Gasteiger partial charge in [0.15, 0.2) is 0 Å². The van der Waals surface area contributed by atoms with E-state index in [-0.39, 0.29) is 10.8 Å². The third-order valence-electron chi connectivity index (χ3n) is 6.16. The Kier molecular flexibility index (Phi) is 5.59. The van der Waals surface area contributed by atoms with Crippen LogP contribution in [-0.4, -0.2) is 43.9 Å². The van der Waals surface area contributed by atoms with Crippen molar-refractivity contribution < 1.29 is 17.9 Å². The second-order valence-electron chi connectivity index (χ2n) is 8.35. The minimum atomic E-state index is -3.88. The third kappa shape index (κ3) is 4.15. The van der Waals surface area contributed by atoms with Crippen molar-refractivity contribution in [2.24, 2.45) is 0 Å². The van der Waals surface area contributed by atoms with Gasteiger partial charge in [-0.25, -0.2) is 13.4 Å². The molecule has 0 aliphatic carbocycles. The molecule has 4 aromatic rings. The summed E-state index contributed by atoms with van der Waals surface area (Å²) in [5.74, 6) is 0.832. The Morgan fingerprint density at radius 3 is 2.68 bits per heavy atom. The molecule has 5 rings (SSSR count). The molecule has 1 fully saturated rings. The lowest BCUT2D eigenvalue weighted by Crippen LogP contribution is -2.41. The van der Waals surface area contributed by atoms with Crippen molar-refractivity contribution >= 4 is 43.3 Å². The van der Waals surface area contributed by atoms with E-state index in [1.807, 2.05) is 36.4 Å². The van der Waals surface area contributed by atoms with Crippen LogP contribution >= 0.6 is 0 Å². The molecule has 1 aromatic heterocycles. The molecule has 0 unspecified atom stereocenters. The maximum absolute atomic E-state index is 13.0. The summed E-state index contributed by atoms with van der Waals surface area (Å²) in [5, 5.41) is 3.44. The topological polar surface area (TPSA) is 115 Å². The van der Waals surface area contributed by atoms with Crippen molar-refractivity contribution in [2.45, 2.75) is 23.9 Å². The van der Waals surface area contributed by atoms with Crippen LogP contribution in [0.2, 0.25) is 0 Å². The van der Waals surface area contributed by atoms with Crippen molar-refractivity contribution in [1.82, 2.24) is 14.6 Å². The number of amides is 1. The minimum Gasteiger partial charge on any atom is -0.497 e. The van der Waals surface area contributed by atoms with Gasteiger partial charge in [-0.15, -0.1) is 0 Å². The van der Waals surface area contributed by atoms with Crippen molar-refractivity contribution in [3.05, 3.63) is 72.4 Å². The van der Waals surface area contributed by atoms with E-state index < -0.39 is 16.1 Å². The number of nitrogens with one attached hydrogen (secondary N) is 1. The van der Waals surface area contributed by atoms with Crippen LogP contribution in [0.1, 0.15) is 12.0 Å². The van der Waals surface area contributed by atoms with Crippen LogP contribution in [0.15, 0.2) is 71.8 Å². The summed E-state index contributed by atoms with van der Waals surface area (Å²) in [6, 6.07) is 17.2. The Morgan fingerprint density at radius 1 is 1.06 bits per heavy atom. The number of nitrogens with zero attached hydrogens (tertiary/aromatic N) is 2. The first-order valence-electron chi connectivity index (χ1n) is 10.9. The van der Waals surface area contributed by atoms with Gasteiger partial charge in [0.2, 0.25) is 15.9 Å². The van der Waals surface area contributed by atoms with Crippen LogP contribution in [0.25, 0.3) is 21.5 Å². The second-order valence-corrected chi connectivity index (χ2v) is 10.1. The maximum Gasteiger partial charge on any atom is 0.241 e. The highest BCUT2D eigenvalue weighted by atomic mass is 32.2. The molecule has 3 aromatic carbocycles. The first-order valence-corrected chi connectivity index (χ1v) is 12.3. The van der Waals surface area contributed by atoms with Crippen LogP contribution in [-0.2, 0) is 21.4 Å². The van der Waals surface area contributed by atoms with E-state index in [0.29, 0.717) is 31.1 Å². The highest BCUT2D eigenvalue weighted by molar-refractivity contribution is 7.89. The van der Waals surface area contributed by atoms with Crippen LogP contribution in [0.5, 0.6) is 5.75 Å². The van der Waals surface area contributed by atoms with Crippen LogP contribution in [0, 0.1) is 0 Å². The molecule has 1 atom stereocenters. The molecule has 2 heterocycles. The average Bonchev–Trinajstić information content (AvgIpc) is 3.17. The van der Waals surface area contributed by atoms with E-state index in [2.05, 4.69) is 9.71 Å². The number of benzene rings is 3. The number of hydrogen-bond acceptors (Lipinski definition) is 6. The number of carbonyl (C=O) groups excluding carboxylic acids is 1. The first kappa shape index (κ1) is 22.1. The molecular weight excluding hydrogens is 452 g/mol. The van der Waals surface area contributed by atoms with Gasteiger partial charge in [-0.2, -0.15) is 4.72 Å². The van der Waals surface area contributed by atoms with Gasteiger partial charge in [0.25, 0.3) is 0 Å². The summed E-state index contributed by atoms with van der Waals surface area (Å²) in [7, 11) is -2.32. The number of sulfonamides is 1. The molecule has 8 nitrogen and oxygen atoms in total. The predicted molar refractivity (Wildman–Crippen MR) is 131 cm³/mol. The summed E-state index contributed by atoms with van der Waals surface area (Å²) in [6.45, 7) is 0.832. The smallest absolute Gasteiger partial charge is 0.241 e. The van der Waals surface area contributed by atoms with E-state index in [1.54, 1.807) is 42.5 Å². The molecule has 0 spiro atoms. The van der Waals surface area contributed by atoms with E-state index in [0.717, 1.165) is 27.1 Å². The summed E-state index contributed by atoms with van der Waals surface area (Å²) < 4.78 is 33.9. The number of nitrogens with two attached hydrogens (primary N) is 1.